The molecule has 8 nitrogen and oxygen atoms in total. The highest BCUT2D eigenvalue weighted by molar-refractivity contribution is 5.96. The molecule has 8 heteroatoms. The number of aliphatic hydroxyl groups excluding tert-OH is 1. The van der Waals surface area contributed by atoms with Crippen LogP contribution in [0, 0.1) is 10.1 Å². The van der Waals surface area contributed by atoms with Crippen LogP contribution in [-0.4, -0.2) is 34.7 Å². The quantitative estimate of drug-likeness (QED) is 0.560. The van der Waals surface area contributed by atoms with Gasteiger partial charge in [0.2, 0.25) is 0 Å². The predicted molar refractivity (Wildman–Crippen MR) is 76.6 cm³/mol. The predicted octanol–water partition coefficient (Wildman–Crippen LogP) is 1.50. The van der Waals surface area contributed by atoms with Crippen LogP contribution in [0.4, 0.5) is 17.1 Å². The number of ether oxygens (including phenoxy) is 1. The fourth-order valence-corrected chi connectivity index (χ4v) is 1.93. The van der Waals surface area contributed by atoms with Crippen LogP contribution in [0.1, 0.15) is 20.3 Å². The van der Waals surface area contributed by atoms with Crippen LogP contribution in [0.5, 0.6) is 5.75 Å². The van der Waals surface area contributed by atoms with Gasteiger partial charge in [0, 0.05) is 0 Å². The number of nitro groups is 1. The van der Waals surface area contributed by atoms with E-state index in [-0.39, 0.29) is 36.2 Å². The van der Waals surface area contributed by atoms with E-state index in [4.69, 9.17) is 4.74 Å². The van der Waals surface area contributed by atoms with Crippen molar-refractivity contribution in [3.63, 3.8) is 0 Å². The number of amides is 1. The zero-order chi connectivity index (χ0) is 15.6. The maximum absolute atomic E-state index is 11.3. The van der Waals surface area contributed by atoms with Crippen molar-refractivity contribution in [2.24, 2.45) is 0 Å². The summed E-state index contributed by atoms with van der Waals surface area (Å²) in [6.07, 6.45) is 0.570. The van der Waals surface area contributed by atoms with Crippen LogP contribution < -0.4 is 15.4 Å². The van der Waals surface area contributed by atoms with E-state index < -0.39 is 10.5 Å². The summed E-state index contributed by atoms with van der Waals surface area (Å²) in [4.78, 5) is 22.0. The van der Waals surface area contributed by atoms with E-state index in [2.05, 4.69) is 10.6 Å². The lowest BCUT2D eigenvalue weighted by atomic mass is 9.99. The summed E-state index contributed by atoms with van der Waals surface area (Å²) in [5.74, 6) is -0.0586. The second kappa shape index (κ2) is 5.57. The molecule has 1 aromatic carbocycles. The van der Waals surface area contributed by atoms with E-state index in [0.717, 1.165) is 0 Å². The average Bonchev–Trinajstić information content (AvgIpc) is 2.46. The lowest BCUT2D eigenvalue weighted by Gasteiger charge is -2.29. The summed E-state index contributed by atoms with van der Waals surface area (Å²) in [6, 6.07) is 2.72. The fourth-order valence-electron chi connectivity index (χ4n) is 1.93. The summed E-state index contributed by atoms with van der Waals surface area (Å²) in [5.41, 5.74) is -0.268. The first kappa shape index (κ1) is 15.0. The Morgan fingerprint density at radius 2 is 2.29 bits per heavy atom. The Kier molecular flexibility index (Phi) is 3.99. The molecule has 0 saturated heterocycles. The first-order chi connectivity index (χ1) is 9.88. The lowest BCUT2D eigenvalue weighted by Crippen LogP contribution is -2.38. The second-order valence-corrected chi connectivity index (χ2v) is 5.16. The summed E-state index contributed by atoms with van der Waals surface area (Å²) < 4.78 is 5.17. The summed E-state index contributed by atoms with van der Waals surface area (Å²) in [6.45, 7) is 3.27. The van der Waals surface area contributed by atoms with Crippen LogP contribution in [0.15, 0.2) is 12.1 Å². The molecular formula is C13H17N3O5. The molecular weight excluding hydrogens is 278 g/mol. The zero-order valence-corrected chi connectivity index (χ0v) is 11.8. The van der Waals surface area contributed by atoms with Crippen LogP contribution in [0.2, 0.25) is 0 Å². The van der Waals surface area contributed by atoms with Crippen LogP contribution in [-0.2, 0) is 4.79 Å². The Hall–Kier alpha value is -2.35. The van der Waals surface area contributed by atoms with E-state index >= 15 is 0 Å². The lowest BCUT2D eigenvalue weighted by molar-refractivity contribution is -0.384. The zero-order valence-electron chi connectivity index (χ0n) is 11.8. The van der Waals surface area contributed by atoms with Crippen LogP contribution in [0.3, 0.4) is 0 Å². The van der Waals surface area contributed by atoms with E-state index in [1.54, 1.807) is 6.92 Å². The first-order valence-electron chi connectivity index (χ1n) is 6.52. The number of rotatable bonds is 5. The van der Waals surface area contributed by atoms with Crippen molar-refractivity contribution >= 4 is 23.0 Å². The number of benzene rings is 1. The number of fused-ring (bicyclic) bond motifs is 1. The Morgan fingerprint density at radius 1 is 1.57 bits per heavy atom. The van der Waals surface area contributed by atoms with E-state index in [1.165, 1.54) is 12.1 Å². The fraction of sp³-hybridized carbons (Fsp3) is 0.462. The van der Waals surface area contributed by atoms with Crippen molar-refractivity contribution in [1.82, 2.24) is 0 Å². The number of nitrogens with one attached hydrogen (secondary N) is 2. The minimum Gasteiger partial charge on any atom is -0.481 e. The van der Waals surface area contributed by atoms with Gasteiger partial charge in [0.25, 0.3) is 11.6 Å². The van der Waals surface area contributed by atoms with E-state index in [9.17, 15) is 20.0 Å². The van der Waals surface area contributed by atoms with Crippen molar-refractivity contribution in [3.05, 3.63) is 22.2 Å². The molecule has 0 fully saturated rings. The largest absolute Gasteiger partial charge is 0.481 e. The van der Waals surface area contributed by atoms with Crippen molar-refractivity contribution < 1.29 is 19.6 Å². The normalized spacial score (nSPS) is 16.2. The van der Waals surface area contributed by atoms with Gasteiger partial charge in [0.15, 0.2) is 12.4 Å². The summed E-state index contributed by atoms with van der Waals surface area (Å²) >= 11 is 0. The van der Waals surface area contributed by atoms with Gasteiger partial charge in [-0.3, -0.25) is 14.9 Å². The van der Waals surface area contributed by atoms with Crippen molar-refractivity contribution in [3.8, 4) is 5.75 Å². The highest BCUT2D eigenvalue weighted by Gasteiger charge is 2.28. The minimum atomic E-state index is -0.696. The molecule has 0 bridgehead atoms. The maximum Gasteiger partial charge on any atom is 0.296 e. The highest BCUT2D eigenvalue weighted by atomic mass is 16.6. The SMILES string of the molecule is CCC(C)(CO)Nc1cc2c(cc1[N+](=O)[O-])OCC(=O)N2. The first-order valence-corrected chi connectivity index (χ1v) is 6.52. The van der Waals surface area contributed by atoms with Gasteiger partial charge >= 0.3 is 0 Å². The van der Waals surface area contributed by atoms with Crippen LogP contribution in [0.25, 0.3) is 0 Å². The molecule has 1 heterocycles. The van der Waals surface area contributed by atoms with Crippen molar-refractivity contribution in [2.45, 2.75) is 25.8 Å². The molecule has 0 saturated carbocycles. The summed E-state index contributed by atoms with van der Waals surface area (Å²) in [7, 11) is 0. The highest BCUT2D eigenvalue weighted by Crippen LogP contribution is 2.39. The third-order valence-corrected chi connectivity index (χ3v) is 3.49. The van der Waals surface area contributed by atoms with E-state index in [0.29, 0.717) is 12.1 Å². The number of nitro benzene ring substituents is 1. The van der Waals surface area contributed by atoms with Gasteiger partial charge in [-0.2, -0.15) is 0 Å². The third-order valence-electron chi connectivity index (χ3n) is 3.49. The molecule has 0 aromatic heterocycles. The topological polar surface area (TPSA) is 114 Å². The Bertz CT molecular complexity index is 583. The van der Waals surface area contributed by atoms with Gasteiger partial charge in [-0.15, -0.1) is 0 Å². The number of nitrogens with zero attached hydrogens (tertiary/aromatic N) is 1. The number of hydrogen-bond donors (Lipinski definition) is 3. The van der Waals surface area contributed by atoms with Gasteiger partial charge in [-0.25, -0.2) is 0 Å². The third kappa shape index (κ3) is 3.05. The van der Waals surface area contributed by atoms with Crippen molar-refractivity contribution in [2.75, 3.05) is 23.8 Å². The smallest absolute Gasteiger partial charge is 0.296 e. The molecule has 1 aromatic rings. The van der Waals surface area contributed by atoms with Crippen molar-refractivity contribution in [1.29, 1.82) is 0 Å². The minimum absolute atomic E-state index is 0.166. The number of carbonyl (C=O) groups is 1. The van der Waals surface area contributed by atoms with Gasteiger partial charge < -0.3 is 20.5 Å². The number of hydrogen-bond acceptors (Lipinski definition) is 6. The Labute approximate surface area is 121 Å². The molecule has 1 amide bonds. The molecule has 114 valence electrons. The number of aliphatic hydroxyl groups is 1. The Balaban J connectivity index is 2.45. The monoisotopic (exact) mass is 295 g/mol. The molecule has 0 radical (unpaired) electrons. The molecule has 21 heavy (non-hydrogen) atoms. The molecule has 1 aliphatic heterocycles. The second-order valence-electron chi connectivity index (χ2n) is 5.16. The molecule has 1 unspecified atom stereocenters. The van der Waals surface area contributed by atoms with E-state index in [1.807, 2.05) is 6.92 Å². The van der Waals surface area contributed by atoms with Gasteiger partial charge in [0.1, 0.15) is 5.69 Å². The molecule has 1 atom stereocenters. The molecule has 0 spiro atoms. The van der Waals surface area contributed by atoms with Gasteiger partial charge in [-0.1, -0.05) is 6.92 Å². The maximum atomic E-state index is 11.3. The number of anilines is 2. The molecule has 2 rings (SSSR count). The average molecular weight is 295 g/mol. The summed E-state index contributed by atoms with van der Waals surface area (Å²) in [5, 5.41) is 26.2. The Morgan fingerprint density at radius 3 is 2.86 bits per heavy atom. The molecule has 1 aliphatic rings. The molecule has 3 N–H and O–H groups in total. The number of carbonyl (C=O) groups excluding carboxylic acids is 1. The van der Waals surface area contributed by atoms with Gasteiger partial charge in [0.05, 0.1) is 28.8 Å². The standard InChI is InChI=1S/C13H17N3O5/c1-3-13(2,7-17)15-8-4-9-11(5-10(8)16(19)20)21-6-12(18)14-9/h4-5,15,17H,3,6-7H2,1-2H3,(H,14,18). The van der Waals surface area contributed by atoms with Gasteiger partial charge in [-0.05, 0) is 19.4 Å². The van der Waals surface area contributed by atoms with Crippen LogP contribution >= 0.6 is 0 Å². The molecule has 0 aliphatic carbocycles.